The Morgan fingerprint density at radius 3 is 2.39 bits per heavy atom. The molecular formula is C15H22BrFO. The van der Waals surface area contributed by atoms with E-state index >= 15 is 0 Å². The topological polar surface area (TPSA) is 9.23 Å². The van der Waals surface area contributed by atoms with Gasteiger partial charge in [-0.25, -0.2) is 4.39 Å². The van der Waals surface area contributed by atoms with E-state index in [1.54, 1.807) is 12.1 Å². The molecule has 0 heterocycles. The maximum Gasteiger partial charge on any atom is 0.141 e. The summed E-state index contributed by atoms with van der Waals surface area (Å²) >= 11 is 3.12. The van der Waals surface area contributed by atoms with Crippen LogP contribution in [0.3, 0.4) is 0 Å². The van der Waals surface area contributed by atoms with Crippen LogP contribution in [0.1, 0.15) is 51.9 Å². The number of hydrogen-bond donors (Lipinski definition) is 0. The van der Waals surface area contributed by atoms with E-state index in [0.29, 0.717) is 16.8 Å². The molecule has 0 unspecified atom stereocenters. The second-order valence-electron chi connectivity index (χ2n) is 4.55. The summed E-state index contributed by atoms with van der Waals surface area (Å²) in [7, 11) is 0. The molecule has 0 amide bonds. The fourth-order valence-corrected chi connectivity index (χ4v) is 2.06. The largest absolute Gasteiger partial charge is 0.493 e. The smallest absolute Gasteiger partial charge is 0.141 e. The van der Waals surface area contributed by atoms with E-state index in [1.807, 2.05) is 0 Å². The minimum absolute atomic E-state index is 0.271. The van der Waals surface area contributed by atoms with E-state index in [0.717, 1.165) is 6.42 Å². The van der Waals surface area contributed by atoms with Crippen LogP contribution in [0, 0.1) is 5.82 Å². The van der Waals surface area contributed by atoms with Gasteiger partial charge in [-0.05, 0) is 34.5 Å². The molecule has 0 saturated carbocycles. The van der Waals surface area contributed by atoms with Gasteiger partial charge in [0, 0.05) is 6.07 Å². The van der Waals surface area contributed by atoms with E-state index in [-0.39, 0.29) is 5.82 Å². The number of benzene rings is 1. The van der Waals surface area contributed by atoms with Gasteiger partial charge in [-0.2, -0.15) is 0 Å². The third-order valence-electron chi connectivity index (χ3n) is 2.91. The van der Waals surface area contributed by atoms with Crippen LogP contribution in [0.4, 0.5) is 4.39 Å². The summed E-state index contributed by atoms with van der Waals surface area (Å²) in [5, 5.41) is 0. The van der Waals surface area contributed by atoms with Gasteiger partial charge < -0.3 is 4.74 Å². The zero-order valence-electron chi connectivity index (χ0n) is 11.1. The van der Waals surface area contributed by atoms with Crippen molar-refractivity contribution in [2.45, 2.75) is 51.9 Å². The summed E-state index contributed by atoms with van der Waals surface area (Å²) in [6.45, 7) is 2.90. The van der Waals surface area contributed by atoms with Gasteiger partial charge in [-0.1, -0.05) is 45.4 Å². The van der Waals surface area contributed by atoms with Crippen molar-refractivity contribution in [3.05, 3.63) is 28.5 Å². The van der Waals surface area contributed by atoms with Crippen LogP contribution >= 0.6 is 15.9 Å². The lowest BCUT2D eigenvalue weighted by molar-refractivity contribution is 0.302. The highest BCUT2D eigenvalue weighted by Gasteiger charge is 2.01. The summed E-state index contributed by atoms with van der Waals surface area (Å²) in [4.78, 5) is 0. The average molecular weight is 317 g/mol. The second-order valence-corrected chi connectivity index (χ2v) is 5.40. The first kappa shape index (κ1) is 15.5. The van der Waals surface area contributed by atoms with Gasteiger partial charge in [0.25, 0.3) is 0 Å². The van der Waals surface area contributed by atoms with Crippen molar-refractivity contribution < 1.29 is 9.13 Å². The van der Waals surface area contributed by atoms with Gasteiger partial charge in [-0.3, -0.25) is 0 Å². The van der Waals surface area contributed by atoms with E-state index in [2.05, 4.69) is 22.9 Å². The average Bonchev–Trinajstić information content (AvgIpc) is 2.37. The van der Waals surface area contributed by atoms with E-state index in [4.69, 9.17) is 4.74 Å². The molecule has 0 bridgehead atoms. The quantitative estimate of drug-likeness (QED) is 0.529. The minimum Gasteiger partial charge on any atom is -0.493 e. The normalized spacial score (nSPS) is 10.6. The Balaban J connectivity index is 2.05. The summed E-state index contributed by atoms with van der Waals surface area (Å²) in [5.74, 6) is 0.341. The molecule has 0 aliphatic heterocycles. The molecule has 18 heavy (non-hydrogen) atoms. The van der Waals surface area contributed by atoms with Crippen molar-refractivity contribution in [2.75, 3.05) is 6.61 Å². The third-order valence-corrected chi connectivity index (χ3v) is 3.55. The monoisotopic (exact) mass is 316 g/mol. The highest BCUT2D eigenvalue weighted by molar-refractivity contribution is 9.10. The lowest BCUT2D eigenvalue weighted by Crippen LogP contribution is -1.97. The maximum absolute atomic E-state index is 13.2. The molecule has 0 atom stereocenters. The number of ether oxygens (including phenoxy) is 1. The standard InChI is InChI=1S/C15H22BrFO/c1-2-3-4-5-6-7-8-11-18-13-9-10-14(16)15(17)12-13/h9-10,12H,2-8,11H2,1H3. The Labute approximate surface area is 118 Å². The zero-order valence-corrected chi connectivity index (χ0v) is 12.6. The molecule has 3 heteroatoms. The predicted octanol–water partition coefficient (Wildman–Crippen LogP) is 5.72. The molecule has 0 aliphatic carbocycles. The van der Waals surface area contributed by atoms with Crippen LogP contribution in [0.5, 0.6) is 5.75 Å². The predicted molar refractivity (Wildman–Crippen MR) is 77.6 cm³/mol. The summed E-state index contributed by atoms with van der Waals surface area (Å²) in [5.41, 5.74) is 0. The van der Waals surface area contributed by atoms with Gasteiger partial charge in [-0.15, -0.1) is 0 Å². The molecule has 0 radical (unpaired) electrons. The molecule has 1 aromatic rings. The van der Waals surface area contributed by atoms with Gasteiger partial charge >= 0.3 is 0 Å². The first-order valence-electron chi connectivity index (χ1n) is 6.82. The molecule has 0 aromatic heterocycles. The molecule has 0 N–H and O–H groups in total. The van der Waals surface area contributed by atoms with Crippen molar-refractivity contribution in [3.63, 3.8) is 0 Å². The lowest BCUT2D eigenvalue weighted by Gasteiger charge is -2.06. The third kappa shape index (κ3) is 6.39. The molecule has 1 nitrogen and oxygen atoms in total. The first-order chi connectivity index (χ1) is 8.74. The molecule has 0 saturated heterocycles. The van der Waals surface area contributed by atoms with Crippen LogP contribution < -0.4 is 4.74 Å². The van der Waals surface area contributed by atoms with Crippen LogP contribution in [0.15, 0.2) is 22.7 Å². The molecule has 0 fully saturated rings. The highest BCUT2D eigenvalue weighted by atomic mass is 79.9. The van der Waals surface area contributed by atoms with Gasteiger partial charge in [0.05, 0.1) is 11.1 Å². The number of unbranched alkanes of at least 4 members (excludes halogenated alkanes) is 6. The number of halogens is 2. The molecule has 0 aliphatic rings. The Morgan fingerprint density at radius 2 is 1.72 bits per heavy atom. The fourth-order valence-electron chi connectivity index (χ4n) is 1.82. The lowest BCUT2D eigenvalue weighted by atomic mass is 10.1. The molecule has 102 valence electrons. The highest BCUT2D eigenvalue weighted by Crippen LogP contribution is 2.21. The molecule has 1 aromatic carbocycles. The summed E-state index contributed by atoms with van der Waals surface area (Å²) in [6.07, 6.45) is 8.81. The van der Waals surface area contributed by atoms with Crippen molar-refractivity contribution in [2.24, 2.45) is 0 Å². The van der Waals surface area contributed by atoms with Crippen LogP contribution in [0.25, 0.3) is 0 Å². The van der Waals surface area contributed by atoms with Crippen LogP contribution in [0.2, 0.25) is 0 Å². The van der Waals surface area contributed by atoms with Crippen molar-refractivity contribution in [1.29, 1.82) is 0 Å². The van der Waals surface area contributed by atoms with Gasteiger partial charge in [0.1, 0.15) is 11.6 Å². The van der Waals surface area contributed by atoms with Gasteiger partial charge in [0.15, 0.2) is 0 Å². The minimum atomic E-state index is -0.271. The SMILES string of the molecule is CCCCCCCCCOc1ccc(Br)c(F)c1. The maximum atomic E-state index is 13.2. The molecule has 1 rings (SSSR count). The van der Waals surface area contributed by atoms with E-state index in [1.165, 1.54) is 44.6 Å². The summed E-state index contributed by atoms with van der Waals surface area (Å²) < 4.78 is 19.2. The Morgan fingerprint density at radius 1 is 1.06 bits per heavy atom. The van der Waals surface area contributed by atoms with E-state index < -0.39 is 0 Å². The Hall–Kier alpha value is -0.570. The molecule has 0 spiro atoms. The number of hydrogen-bond acceptors (Lipinski definition) is 1. The van der Waals surface area contributed by atoms with Crippen molar-refractivity contribution >= 4 is 15.9 Å². The Kier molecular flexibility index (Phi) is 8.06. The molecular weight excluding hydrogens is 295 g/mol. The van der Waals surface area contributed by atoms with Crippen LogP contribution in [-0.4, -0.2) is 6.61 Å². The van der Waals surface area contributed by atoms with Crippen molar-refractivity contribution in [3.8, 4) is 5.75 Å². The first-order valence-corrected chi connectivity index (χ1v) is 7.61. The van der Waals surface area contributed by atoms with Crippen molar-refractivity contribution in [1.82, 2.24) is 0 Å². The zero-order chi connectivity index (χ0) is 13.2. The fraction of sp³-hybridized carbons (Fsp3) is 0.600. The van der Waals surface area contributed by atoms with Crippen LogP contribution in [-0.2, 0) is 0 Å². The Bertz CT molecular complexity index is 341. The van der Waals surface area contributed by atoms with E-state index in [9.17, 15) is 4.39 Å². The number of rotatable bonds is 9. The second kappa shape index (κ2) is 9.37. The van der Waals surface area contributed by atoms with Gasteiger partial charge in [0.2, 0.25) is 0 Å². The summed E-state index contributed by atoms with van der Waals surface area (Å²) in [6, 6.07) is 4.88.